The van der Waals surface area contributed by atoms with Crippen LogP contribution in [0, 0.1) is 0 Å². The van der Waals surface area contributed by atoms with Gasteiger partial charge in [0, 0.05) is 14.4 Å². The second kappa shape index (κ2) is 5.40. The summed E-state index contributed by atoms with van der Waals surface area (Å²) in [6, 6.07) is 9.73. The Morgan fingerprint density at radius 3 is 2.44 bits per heavy atom. The monoisotopic (exact) mass is 398 g/mol. The molecule has 1 aromatic heterocycles. The van der Waals surface area contributed by atoms with Crippen LogP contribution in [0.1, 0.15) is 15.8 Å². The first-order chi connectivity index (χ1) is 7.56. The molecule has 84 valence electrons. The Morgan fingerprint density at radius 1 is 1.12 bits per heavy atom. The fraction of sp³-hybridized carbons (Fsp3) is 0.0909. The van der Waals surface area contributed by atoms with Gasteiger partial charge in [-0.3, -0.25) is 0 Å². The fourth-order valence-electron chi connectivity index (χ4n) is 1.35. The molecule has 1 heterocycles. The molecule has 0 spiro atoms. The molecule has 0 N–H and O–H groups in total. The maximum Gasteiger partial charge on any atom is 0.0929 e. The normalized spacial score (nSPS) is 12.8. The van der Waals surface area contributed by atoms with E-state index in [1.807, 2.05) is 30.3 Å². The highest BCUT2D eigenvalue weighted by Gasteiger charge is 2.14. The molecule has 5 heteroatoms. The van der Waals surface area contributed by atoms with Gasteiger partial charge in [0.2, 0.25) is 0 Å². The van der Waals surface area contributed by atoms with E-state index in [0.717, 1.165) is 18.7 Å². The average molecular weight is 401 g/mol. The summed E-state index contributed by atoms with van der Waals surface area (Å²) in [5.74, 6) is 0. The van der Waals surface area contributed by atoms with Gasteiger partial charge < -0.3 is 0 Å². The number of rotatable bonds is 2. The smallest absolute Gasteiger partial charge is 0.0929 e. The number of alkyl halides is 1. The van der Waals surface area contributed by atoms with Crippen LogP contribution in [-0.2, 0) is 0 Å². The number of thiophene rings is 1. The lowest BCUT2D eigenvalue weighted by Gasteiger charge is -2.08. The Balaban J connectivity index is 2.37. The molecular formula is C11H6Br2Cl2S. The Bertz CT molecular complexity index is 490. The third-order valence-corrected chi connectivity index (χ3v) is 5.00. The summed E-state index contributed by atoms with van der Waals surface area (Å²) in [5.41, 5.74) is 0.996. The van der Waals surface area contributed by atoms with E-state index in [9.17, 15) is 0 Å². The van der Waals surface area contributed by atoms with Crippen molar-refractivity contribution in [1.29, 1.82) is 0 Å². The van der Waals surface area contributed by atoms with Crippen LogP contribution in [0.2, 0.25) is 5.02 Å². The van der Waals surface area contributed by atoms with Crippen LogP contribution < -0.4 is 0 Å². The maximum atomic E-state index is 6.40. The predicted molar refractivity (Wildman–Crippen MR) is 78.9 cm³/mol. The van der Waals surface area contributed by atoms with Crippen molar-refractivity contribution in [3.05, 3.63) is 54.1 Å². The lowest BCUT2D eigenvalue weighted by atomic mass is 10.1. The summed E-state index contributed by atoms with van der Waals surface area (Å²) in [4.78, 5) is 1.10. The first-order valence-electron chi connectivity index (χ1n) is 4.41. The van der Waals surface area contributed by atoms with E-state index in [2.05, 4.69) is 31.9 Å². The molecule has 0 radical (unpaired) electrons. The maximum absolute atomic E-state index is 6.40. The molecule has 0 nitrogen and oxygen atoms in total. The Morgan fingerprint density at radius 2 is 1.88 bits per heavy atom. The molecule has 1 unspecified atom stereocenters. The van der Waals surface area contributed by atoms with Gasteiger partial charge in [0.25, 0.3) is 0 Å². The van der Waals surface area contributed by atoms with E-state index in [1.165, 1.54) is 0 Å². The molecule has 2 aromatic rings. The van der Waals surface area contributed by atoms with Crippen LogP contribution in [0.15, 0.2) is 38.6 Å². The minimum absolute atomic E-state index is 0.161. The van der Waals surface area contributed by atoms with Gasteiger partial charge in [-0.25, -0.2) is 0 Å². The molecule has 16 heavy (non-hydrogen) atoms. The van der Waals surface area contributed by atoms with E-state index < -0.39 is 0 Å². The van der Waals surface area contributed by atoms with Gasteiger partial charge in [-0.2, -0.15) is 0 Å². The lowest BCUT2D eigenvalue weighted by molar-refractivity contribution is 1.18. The topological polar surface area (TPSA) is 0 Å². The van der Waals surface area contributed by atoms with Crippen LogP contribution in [0.3, 0.4) is 0 Å². The second-order valence-electron chi connectivity index (χ2n) is 3.21. The number of hydrogen-bond donors (Lipinski definition) is 0. The van der Waals surface area contributed by atoms with Crippen LogP contribution >= 0.6 is 66.4 Å². The van der Waals surface area contributed by atoms with Gasteiger partial charge in [-0.05, 0) is 51.8 Å². The number of hydrogen-bond acceptors (Lipinski definition) is 1. The largest absolute Gasteiger partial charge is 0.131 e. The molecule has 0 fully saturated rings. The van der Waals surface area contributed by atoms with Crippen molar-refractivity contribution >= 4 is 66.4 Å². The van der Waals surface area contributed by atoms with Crippen molar-refractivity contribution in [3.8, 4) is 0 Å². The van der Waals surface area contributed by atoms with E-state index in [-0.39, 0.29) is 5.38 Å². The van der Waals surface area contributed by atoms with Crippen LogP contribution in [0.4, 0.5) is 0 Å². The van der Waals surface area contributed by atoms with E-state index in [1.54, 1.807) is 11.3 Å². The summed E-state index contributed by atoms with van der Waals surface area (Å²) in [7, 11) is 0. The van der Waals surface area contributed by atoms with Gasteiger partial charge in [-0.15, -0.1) is 22.9 Å². The van der Waals surface area contributed by atoms with Gasteiger partial charge in [0.1, 0.15) is 0 Å². The minimum atomic E-state index is -0.161. The SMILES string of the molecule is Clc1cc(Br)cc(C(Cl)c2ccc(Br)s2)c1. The highest BCUT2D eigenvalue weighted by atomic mass is 79.9. The van der Waals surface area contributed by atoms with Gasteiger partial charge >= 0.3 is 0 Å². The summed E-state index contributed by atoms with van der Waals surface area (Å²) >= 11 is 20.9. The Hall–Kier alpha value is 0.460. The van der Waals surface area contributed by atoms with Gasteiger partial charge in [0.15, 0.2) is 0 Å². The first kappa shape index (κ1) is 12.9. The summed E-state index contributed by atoms with van der Waals surface area (Å²) in [6.07, 6.45) is 0. The van der Waals surface area contributed by atoms with Crippen molar-refractivity contribution in [2.75, 3.05) is 0 Å². The minimum Gasteiger partial charge on any atom is -0.131 e. The highest BCUT2D eigenvalue weighted by Crippen LogP contribution is 2.37. The van der Waals surface area contributed by atoms with Crippen LogP contribution in [0.25, 0.3) is 0 Å². The summed E-state index contributed by atoms with van der Waals surface area (Å²) in [6.45, 7) is 0. The van der Waals surface area contributed by atoms with Crippen molar-refractivity contribution in [2.24, 2.45) is 0 Å². The van der Waals surface area contributed by atoms with Crippen molar-refractivity contribution in [2.45, 2.75) is 5.38 Å². The zero-order chi connectivity index (χ0) is 11.7. The molecule has 0 saturated carbocycles. The van der Waals surface area contributed by atoms with Crippen molar-refractivity contribution < 1.29 is 0 Å². The molecule has 1 aromatic carbocycles. The predicted octanol–water partition coefficient (Wildman–Crippen LogP) is 6.25. The fourth-order valence-corrected chi connectivity index (χ4v) is 4.00. The van der Waals surface area contributed by atoms with Gasteiger partial charge in [-0.1, -0.05) is 27.5 Å². The molecule has 2 rings (SSSR count). The summed E-state index contributed by atoms with van der Waals surface area (Å²) in [5, 5.41) is 0.525. The van der Waals surface area contributed by atoms with Crippen LogP contribution in [0.5, 0.6) is 0 Å². The molecule has 0 aliphatic rings. The second-order valence-corrected chi connectivity index (χ2v) is 7.49. The standard InChI is InChI=1S/C11H6Br2Cl2S/c12-7-3-6(4-8(14)5-7)11(15)9-1-2-10(13)16-9/h1-5,11H. The molecule has 0 saturated heterocycles. The van der Waals surface area contributed by atoms with Crippen molar-refractivity contribution in [1.82, 2.24) is 0 Å². The van der Waals surface area contributed by atoms with E-state index >= 15 is 0 Å². The molecular weight excluding hydrogens is 395 g/mol. The van der Waals surface area contributed by atoms with Crippen molar-refractivity contribution in [3.63, 3.8) is 0 Å². The van der Waals surface area contributed by atoms with E-state index in [0.29, 0.717) is 5.02 Å². The summed E-state index contributed by atoms with van der Waals surface area (Å²) < 4.78 is 2.02. The number of benzene rings is 1. The number of halogens is 4. The molecule has 0 aliphatic carbocycles. The molecule has 0 amide bonds. The van der Waals surface area contributed by atoms with Crippen LogP contribution in [-0.4, -0.2) is 0 Å². The van der Waals surface area contributed by atoms with Gasteiger partial charge in [0.05, 0.1) is 9.16 Å². The quantitative estimate of drug-likeness (QED) is 0.522. The Kier molecular flexibility index (Phi) is 4.36. The zero-order valence-corrected chi connectivity index (χ0v) is 13.4. The molecule has 0 aliphatic heterocycles. The first-order valence-corrected chi connectivity index (χ1v) is 7.63. The third kappa shape index (κ3) is 3.02. The molecule has 0 bridgehead atoms. The van der Waals surface area contributed by atoms with E-state index in [4.69, 9.17) is 23.2 Å². The lowest BCUT2D eigenvalue weighted by Crippen LogP contribution is -1.90. The molecule has 1 atom stereocenters. The highest BCUT2D eigenvalue weighted by molar-refractivity contribution is 9.11. The third-order valence-electron chi connectivity index (χ3n) is 2.02. The Labute approximate surface area is 125 Å². The zero-order valence-electron chi connectivity index (χ0n) is 7.88. The average Bonchev–Trinajstić information content (AvgIpc) is 2.62.